The van der Waals surface area contributed by atoms with Crippen LogP contribution in [0.25, 0.3) is 0 Å². The van der Waals surface area contributed by atoms with Crippen molar-refractivity contribution in [2.24, 2.45) is 0 Å². The quantitative estimate of drug-likeness (QED) is 0.937. The van der Waals surface area contributed by atoms with Crippen molar-refractivity contribution in [3.63, 3.8) is 0 Å². The molecular formula is C14H11F3N4O. The van der Waals surface area contributed by atoms with Crippen molar-refractivity contribution in [1.29, 1.82) is 5.26 Å². The molecule has 5 nitrogen and oxygen atoms in total. The first-order valence-corrected chi connectivity index (χ1v) is 6.23. The van der Waals surface area contributed by atoms with Gasteiger partial charge < -0.3 is 10.1 Å². The molecule has 0 aliphatic heterocycles. The molecule has 0 aliphatic rings. The Morgan fingerprint density at radius 3 is 2.32 bits per heavy atom. The number of nitrogens with zero attached hydrogens (tertiary/aromatic N) is 3. The standard InChI is InChI=1S/C14H11F3N4O/c1-9(19-13-7-4-11(8-18)20-21-13)10-2-5-12(6-3-10)22-14(15,16)17/h2-7,9H,1H3,(H,19,21). The lowest BCUT2D eigenvalue weighted by Gasteiger charge is -2.15. The predicted molar refractivity (Wildman–Crippen MR) is 71.9 cm³/mol. The lowest BCUT2D eigenvalue weighted by molar-refractivity contribution is -0.274. The third-order valence-electron chi connectivity index (χ3n) is 2.76. The van der Waals surface area contributed by atoms with Gasteiger partial charge in [0, 0.05) is 0 Å². The normalized spacial score (nSPS) is 12.3. The Bertz CT molecular complexity index is 662. The highest BCUT2D eigenvalue weighted by Crippen LogP contribution is 2.25. The first kappa shape index (κ1) is 15.6. The molecule has 0 aliphatic carbocycles. The summed E-state index contributed by atoms with van der Waals surface area (Å²) in [5.74, 6) is 0.184. The van der Waals surface area contributed by atoms with Gasteiger partial charge in [-0.05, 0) is 36.8 Å². The molecule has 1 aromatic carbocycles. The van der Waals surface area contributed by atoms with Crippen molar-refractivity contribution >= 4 is 5.82 Å². The van der Waals surface area contributed by atoms with Gasteiger partial charge in [0.25, 0.3) is 0 Å². The summed E-state index contributed by atoms with van der Waals surface area (Å²) in [6.07, 6.45) is -4.70. The lowest BCUT2D eigenvalue weighted by atomic mass is 10.1. The maximum atomic E-state index is 12.1. The fourth-order valence-electron chi connectivity index (χ4n) is 1.73. The Kier molecular flexibility index (Phi) is 4.46. The van der Waals surface area contributed by atoms with Crippen molar-refractivity contribution in [2.45, 2.75) is 19.3 Å². The molecule has 0 spiro atoms. The second-order valence-corrected chi connectivity index (χ2v) is 4.40. The van der Waals surface area contributed by atoms with Crippen molar-refractivity contribution < 1.29 is 17.9 Å². The second-order valence-electron chi connectivity index (χ2n) is 4.40. The highest BCUT2D eigenvalue weighted by molar-refractivity contribution is 5.39. The number of ether oxygens (including phenoxy) is 1. The minimum Gasteiger partial charge on any atom is -0.406 e. The van der Waals surface area contributed by atoms with E-state index >= 15 is 0 Å². The Labute approximate surface area is 124 Å². The molecule has 0 amide bonds. The number of aromatic nitrogens is 2. The van der Waals surface area contributed by atoms with Crippen LogP contribution in [0.2, 0.25) is 0 Å². The van der Waals surface area contributed by atoms with Gasteiger partial charge in [-0.3, -0.25) is 0 Å². The molecule has 0 saturated heterocycles. The molecule has 2 rings (SSSR count). The van der Waals surface area contributed by atoms with Gasteiger partial charge in [0.15, 0.2) is 5.69 Å². The molecular weight excluding hydrogens is 297 g/mol. The second kappa shape index (κ2) is 6.30. The number of nitrogens with one attached hydrogen (secondary N) is 1. The smallest absolute Gasteiger partial charge is 0.406 e. The minimum atomic E-state index is -4.70. The zero-order valence-corrected chi connectivity index (χ0v) is 11.4. The summed E-state index contributed by atoms with van der Waals surface area (Å²) in [7, 11) is 0. The van der Waals surface area contributed by atoms with E-state index in [1.807, 2.05) is 13.0 Å². The summed E-state index contributed by atoms with van der Waals surface area (Å²) in [5, 5.41) is 19.2. The van der Waals surface area contributed by atoms with Crippen LogP contribution in [0.5, 0.6) is 5.75 Å². The average Bonchev–Trinajstić information content (AvgIpc) is 2.47. The predicted octanol–water partition coefficient (Wildman–Crippen LogP) is 3.42. The van der Waals surface area contributed by atoms with Gasteiger partial charge in [0.05, 0.1) is 6.04 Å². The Balaban J connectivity index is 2.03. The lowest BCUT2D eigenvalue weighted by Crippen LogP contribution is -2.17. The third-order valence-corrected chi connectivity index (χ3v) is 2.76. The molecule has 1 heterocycles. The van der Waals surface area contributed by atoms with Crippen LogP contribution in [0.1, 0.15) is 24.2 Å². The van der Waals surface area contributed by atoms with Gasteiger partial charge >= 0.3 is 6.36 Å². The molecule has 2 aromatic rings. The summed E-state index contributed by atoms with van der Waals surface area (Å²) in [4.78, 5) is 0. The SMILES string of the molecule is CC(Nc1ccc(C#N)nn1)c1ccc(OC(F)(F)F)cc1. The van der Waals surface area contributed by atoms with Gasteiger partial charge in [0.2, 0.25) is 0 Å². The van der Waals surface area contributed by atoms with E-state index in [9.17, 15) is 13.2 Å². The van der Waals surface area contributed by atoms with Crippen LogP contribution in [0.3, 0.4) is 0 Å². The number of rotatable bonds is 4. The molecule has 0 fully saturated rings. The van der Waals surface area contributed by atoms with E-state index in [2.05, 4.69) is 20.3 Å². The van der Waals surface area contributed by atoms with E-state index in [4.69, 9.17) is 5.26 Å². The number of anilines is 1. The van der Waals surface area contributed by atoms with Crippen LogP contribution in [-0.4, -0.2) is 16.6 Å². The maximum Gasteiger partial charge on any atom is 0.573 e. The molecule has 1 aromatic heterocycles. The fourth-order valence-corrected chi connectivity index (χ4v) is 1.73. The molecule has 1 atom stereocenters. The molecule has 8 heteroatoms. The van der Waals surface area contributed by atoms with Crippen molar-refractivity contribution in [3.05, 3.63) is 47.7 Å². The van der Waals surface area contributed by atoms with Crippen molar-refractivity contribution in [3.8, 4) is 11.8 Å². The van der Waals surface area contributed by atoms with Gasteiger partial charge in [0.1, 0.15) is 17.6 Å². The highest BCUT2D eigenvalue weighted by atomic mass is 19.4. The van der Waals surface area contributed by atoms with Crippen LogP contribution in [0.4, 0.5) is 19.0 Å². The molecule has 22 heavy (non-hydrogen) atoms. The highest BCUT2D eigenvalue weighted by Gasteiger charge is 2.31. The van der Waals surface area contributed by atoms with E-state index in [0.717, 1.165) is 5.56 Å². The number of nitriles is 1. The number of hydrogen-bond donors (Lipinski definition) is 1. The Hall–Kier alpha value is -2.82. The largest absolute Gasteiger partial charge is 0.573 e. The summed E-state index contributed by atoms with van der Waals surface area (Å²) >= 11 is 0. The first-order valence-electron chi connectivity index (χ1n) is 6.23. The van der Waals surface area contributed by atoms with Gasteiger partial charge in [-0.2, -0.15) is 5.26 Å². The fraction of sp³-hybridized carbons (Fsp3) is 0.214. The van der Waals surface area contributed by atoms with Crippen LogP contribution < -0.4 is 10.1 Å². The number of halogens is 3. The molecule has 0 radical (unpaired) electrons. The van der Waals surface area contributed by atoms with Crippen LogP contribution in [0, 0.1) is 11.3 Å². The van der Waals surface area contributed by atoms with E-state index < -0.39 is 6.36 Å². The molecule has 114 valence electrons. The summed E-state index contributed by atoms with van der Waals surface area (Å²) in [6, 6.07) is 10.3. The summed E-state index contributed by atoms with van der Waals surface area (Å²) in [6.45, 7) is 1.82. The summed E-state index contributed by atoms with van der Waals surface area (Å²) < 4.78 is 40.0. The number of alkyl halides is 3. The number of hydrogen-bond acceptors (Lipinski definition) is 5. The van der Waals surface area contributed by atoms with E-state index in [1.165, 1.54) is 30.3 Å². The van der Waals surface area contributed by atoms with Crippen molar-refractivity contribution in [2.75, 3.05) is 5.32 Å². The van der Waals surface area contributed by atoms with Crippen LogP contribution >= 0.6 is 0 Å². The molecule has 0 bridgehead atoms. The Morgan fingerprint density at radius 2 is 1.82 bits per heavy atom. The first-order chi connectivity index (χ1) is 10.4. The molecule has 1 unspecified atom stereocenters. The number of benzene rings is 1. The topological polar surface area (TPSA) is 70.8 Å². The zero-order chi connectivity index (χ0) is 16.2. The van der Waals surface area contributed by atoms with E-state index in [1.54, 1.807) is 6.07 Å². The minimum absolute atomic E-state index is 0.201. The van der Waals surface area contributed by atoms with Gasteiger partial charge in [-0.25, -0.2) is 0 Å². The van der Waals surface area contributed by atoms with Crippen LogP contribution in [0.15, 0.2) is 36.4 Å². The maximum absolute atomic E-state index is 12.1. The summed E-state index contributed by atoms with van der Waals surface area (Å²) in [5.41, 5.74) is 0.951. The van der Waals surface area contributed by atoms with E-state index in [0.29, 0.717) is 5.82 Å². The third kappa shape index (κ3) is 4.34. The zero-order valence-electron chi connectivity index (χ0n) is 11.4. The van der Waals surface area contributed by atoms with Crippen LogP contribution in [-0.2, 0) is 0 Å². The Morgan fingerprint density at radius 1 is 1.14 bits per heavy atom. The van der Waals surface area contributed by atoms with Crippen molar-refractivity contribution in [1.82, 2.24) is 10.2 Å². The van der Waals surface area contributed by atoms with Gasteiger partial charge in [-0.1, -0.05) is 12.1 Å². The molecule has 1 N–H and O–H groups in total. The van der Waals surface area contributed by atoms with Gasteiger partial charge in [-0.15, -0.1) is 23.4 Å². The van der Waals surface area contributed by atoms with E-state index in [-0.39, 0.29) is 17.5 Å². The average molecular weight is 308 g/mol. The molecule has 0 saturated carbocycles. The monoisotopic (exact) mass is 308 g/mol.